The number of hydrogen-bond acceptors (Lipinski definition) is 3. The third kappa shape index (κ3) is 10.9. The molecule has 0 radical (unpaired) electrons. The van der Waals surface area contributed by atoms with E-state index in [0.717, 1.165) is 31.3 Å². The van der Waals surface area contributed by atoms with E-state index in [0.29, 0.717) is 17.3 Å². The Hall–Kier alpha value is -2.13. The highest BCUT2D eigenvalue weighted by Gasteiger charge is 2.29. The van der Waals surface area contributed by atoms with Crippen LogP contribution in [0.3, 0.4) is 0 Å². The van der Waals surface area contributed by atoms with Gasteiger partial charge >= 0.3 is 0 Å². The molecule has 1 saturated heterocycles. The number of aliphatic hydroxyl groups is 1. The maximum atomic E-state index is 13.2. The fraction of sp³-hybridized carbons (Fsp3) is 0.536. The van der Waals surface area contributed by atoms with Gasteiger partial charge in [-0.05, 0) is 63.6 Å². The minimum Gasteiger partial charge on any atom is -0.386 e. The molecular weight excluding hydrogens is 451 g/mol. The molecule has 1 aromatic rings. The summed E-state index contributed by atoms with van der Waals surface area (Å²) in [6.07, 6.45) is 11.7. The van der Waals surface area contributed by atoms with Crippen molar-refractivity contribution in [2.75, 3.05) is 7.05 Å². The van der Waals surface area contributed by atoms with Crippen LogP contribution in [-0.2, 0) is 4.74 Å². The van der Waals surface area contributed by atoms with Crippen molar-refractivity contribution in [1.82, 2.24) is 0 Å². The Labute approximate surface area is 211 Å². The normalized spacial score (nSPS) is 20.3. The van der Waals surface area contributed by atoms with Gasteiger partial charge in [0.2, 0.25) is 0 Å². The molecule has 1 fully saturated rings. The summed E-state index contributed by atoms with van der Waals surface area (Å²) >= 11 is 5.58. The Morgan fingerprint density at radius 1 is 1.41 bits per heavy atom. The molecular formula is C28H42ClFN2O2. The van der Waals surface area contributed by atoms with Crippen molar-refractivity contribution in [3.05, 3.63) is 57.9 Å². The molecule has 1 aliphatic heterocycles. The molecule has 1 aromatic carbocycles. The zero-order valence-corrected chi connectivity index (χ0v) is 22.5. The molecule has 4 atom stereocenters. The molecule has 0 bridgehead atoms. The number of rotatable bonds is 6. The summed E-state index contributed by atoms with van der Waals surface area (Å²) in [5, 5.41) is 10.1. The van der Waals surface area contributed by atoms with E-state index in [1.54, 1.807) is 13.1 Å². The van der Waals surface area contributed by atoms with E-state index in [2.05, 4.69) is 31.7 Å². The van der Waals surface area contributed by atoms with Crippen LogP contribution in [0.5, 0.6) is 0 Å². The number of aliphatic imine (C=N–C) groups is 1. The van der Waals surface area contributed by atoms with Crippen LogP contribution in [0, 0.1) is 24.1 Å². The fourth-order valence-corrected chi connectivity index (χ4v) is 3.37. The van der Waals surface area contributed by atoms with Crippen LogP contribution in [-0.4, -0.2) is 30.2 Å². The van der Waals surface area contributed by atoms with E-state index in [1.807, 2.05) is 32.9 Å². The SMILES string of the molecule is C#CCC.C/C=C\C(C(N)=NC)=C(\C)C(C)CC.CC1CCC(C(O)c2ccc(Cl)c(F)c2)O1. The third-order valence-electron chi connectivity index (χ3n) is 5.73. The Bertz CT molecular complexity index is 874. The molecule has 1 heterocycles. The van der Waals surface area contributed by atoms with Crippen LogP contribution in [0.15, 0.2) is 46.5 Å². The number of terminal acetylenes is 1. The van der Waals surface area contributed by atoms with Crippen molar-refractivity contribution >= 4 is 17.4 Å². The average Bonchev–Trinajstić information content (AvgIpc) is 3.29. The summed E-state index contributed by atoms with van der Waals surface area (Å²) in [7, 11) is 1.72. The molecule has 0 aliphatic carbocycles. The van der Waals surface area contributed by atoms with Gasteiger partial charge in [-0.2, -0.15) is 0 Å². The van der Waals surface area contributed by atoms with Crippen LogP contribution in [0.4, 0.5) is 4.39 Å². The van der Waals surface area contributed by atoms with E-state index in [-0.39, 0.29) is 17.2 Å². The predicted octanol–water partition coefficient (Wildman–Crippen LogP) is 7.02. The lowest BCUT2D eigenvalue weighted by molar-refractivity contribution is -0.0298. The van der Waals surface area contributed by atoms with Gasteiger partial charge in [0, 0.05) is 19.0 Å². The molecule has 0 aromatic heterocycles. The van der Waals surface area contributed by atoms with Gasteiger partial charge in [-0.1, -0.05) is 56.2 Å². The Balaban J connectivity index is 0.000000559. The summed E-state index contributed by atoms with van der Waals surface area (Å²) in [5.41, 5.74) is 8.74. The van der Waals surface area contributed by atoms with Crippen molar-refractivity contribution in [2.45, 2.75) is 85.5 Å². The fourth-order valence-electron chi connectivity index (χ4n) is 3.25. The first-order valence-electron chi connectivity index (χ1n) is 11.9. The number of nitrogens with zero attached hydrogens (tertiary/aromatic N) is 1. The number of allylic oxidation sites excluding steroid dienone is 2. The minimum atomic E-state index is -0.781. The predicted molar refractivity (Wildman–Crippen MR) is 144 cm³/mol. The molecule has 0 spiro atoms. The zero-order valence-electron chi connectivity index (χ0n) is 21.7. The summed E-state index contributed by atoms with van der Waals surface area (Å²) in [6.45, 7) is 12.4. The maximum Gasteiger partial charge on any atom is 0.142 e. The summed E-state index contributed by atoms with van der Waals surface area (Å²) in [5.74, 6) is 3.10. The number of amidine groups is 1. The lowest BCUT2D eigenvalue weighted by Gasteiger charge is -2.18. The van der Waals surface area contributed by atoms with Crippen molar-refractivity contribution in [3.63, 3.8) is 0 Å². The number of benzene rings is 1. The molecule has 1 aliphatic rings. The summed E-state index contributed by atoms with van der Waals surface area (Å²) in [4.78, 5) is 4.03. The van der Waals surface area contributed by atoms with Gasteiger partial charge < -0.3 is 15.6 Å². The molecule has 2 rings (SSSR count). The van der Waals surface area contributed by atoms with Gasteiger partial charge in [0.25, 0.3) is 0 Å². The topological polar surface area (TPSA) is 67.8 Å². The van der Waals surface area contributed by atoms with Crippen LogP contribution in [0.25, 0.3) is 0 Å². The zero-order chi connectivity index (χ0) is 26.3. The first-order valence-corrected chi connectivity index (χ1v) is 12.2. The first kappa shape index (κ1) is 31.9. The molecule has 3 N–H and O–H groups in total. The van der Waals surface area contributed by atoms with Gasteiger partial charge in [-0.25, -0.2) is 4.39 Å². The second-order valence-electron chi connectivity index (χ2n) is 8.25. The van der Waals surface area contributed by atoms with Crippen LogP contribution < -0.4 is 5.73 Å². The van der Waals surface area contributed by atoms with E-state index in [9.17, 15) is 9.50 Å². The van der Waals surface area contributed by atoms with Crippen LogP contribution in [0.1, 0.15) is 78.9 Å². The molecule has 0 amide bonds. The molecule has 4 nitrogen and oxygen atoms in total. The minimum absolute atomic E-state index is 0.0664. The van der Waals surface area contributed by atoms with Crippen molar-refractivity contribution in [1.29, 1.82) is 0 Å². The van der Waals surface area contributed by atoms with Gasteiger partial charge in [-0.15, -0.1) is 12.3 Å². The molecule has 0 saturated carbocycles. The van der Waals surface area contributed by atoms with E-state index in [4.69, 9.17) is 28.5 Å². The van der Waals surface area contributed by atoms with Crippen molar-refractivity contribution in [3.8, 4) is 12.3 Å². The monoisotopic (exact) mass is 492 g/mol. The van der Waals surface area contributed by atoms with Gasteiger partial charge in [0.15, 0.2) is 0 Å². The Morgan fingerprint density at radius 2 is 2.03 bits per heavy atom. The lowest BCUT2D eigenvalue weighted by Crippen LogP contribution is -2.18. The average molecular weight is 493 g/mol. The van der Waals surface area contributed by atoms with Gasteiger partial charge in [0.1, 0.15) is 17.8 Å². The molecule has 34 heavy (non-hydrogen) atoms. The second-order valence-corrected chi connectivity index (χ2v) is 8.66. The highest BCUT2D eigenvalue weighted by molar-refractivity contribution is 6.30. The smallest absolute Gasteiger partial charge is 0.142 e. The number of aliphatic hydroxyl groups excluding tert-OH is 1. The number of halogens is 2. The Morgan fingerprint density at radius 3 is 2.44 bits per heavy atom. The number of hydrogen-bond donors (Lipinski definition) is 2. The van der Waals surface area contributed by atoms with E-state index >= 15 is 0 Å². The highest BCUT2D eigenvalue weighted by atomic mass is 35.5. The van der Waals surface area contributed by atoms with Gasteiger partial charge in [-0.3, -0.25) is 4.99 Å². The second kappa shape index (κ2) is 17.3. The van der Waals surface area contributed by atoms with Crippen molar-refractivity contribution < 1.29 is 14.2 Å². The quantitative estimate of drug-likeness (QED) is 0.194. The van der Waals surface area contributed by atoms with Crippen LogP contribution >= 0.6 is 11.6 Å². The van der Waals surface area contributed by atoms with Gasteiger partial charge in [0.05, 0.1) is 17.2 Å². The summed E-state index contributed by atoms with van der Waals surface area (Å²) < 4.78 is 18.8. The Kier molecular flexibility index (Phi) is 16.2. The van der Waals surface area contributed by atoms with E-state index < -0.39 is 11.9 Å². The highest BCUT2D eigenvalue weighted by Crippen LogP contribution is 2.31. The largest absolute Gasteiger partial charge is 0.386 e. The number of ether oxygens (including phenoxy) is 1. The molecule has 190 valence electrons. The first-order chi connectivity index (χ1) is 16.1. The molecule has 4 unspecified atom stereocenters. The van der Waals surface area contributed by atoms with Crippen molar-refractivity contribution in [2.24, 2.45) is 16.6 Å². The standard InChI is InChI=1S/C12H14ClFO2.C12H22N2.C4H6/c1-7-2-5-11(16-7)12(15)8-3-4-9(13)10(14)6-8;1-6-8-11(12(13)14-5)10(4)9(3)7-2;1-3-4-2/h3-4,6-7,11-12,15H,2,5H2,1H3;6,8-9H,7H2,1-5H3,(H2,13,14);1H,4H2,2H3/b;8-6-,11-10+;. The van der Waals surface area contributed by atoms with E-state index in [1.165, 1.54) is 17.7 Å². The number of nitrogens with two attached hydrogens (primary N) is 1. The maximum absolute atomic E-state index is 13.2. The molecule has 6 heteroatoms. The summed E-state index contributed by atoms with van der Waals surface area (Å²) in [6, 6.07) is 4.34. The third-order valence-corrected chi connectivity index (χ3v) is 6.04. The van der Waals surface area contributed by atoms with Crippen LogP contribution in [0.2, 0.25) is 5.02 Å². The lowest BCUT2D eigenvalue weighted by atomic mass is 9.94.